The fraction of sp³-hybridized carbons (Fsp3) is 0.391. The molecule has 2 aliphatic rings. The maximum absolute atomic E-state index is 12.8. The van der Waals surface area contributed by atoms with Gasteiger partial charge in [-0.1, -0.05) is 36.4 Å². The number of piperidine rings is 1. The van der Waals surface area contributed by atoms with Gasteiger partial charge in [0.25, 0.3) is 6.43 Å². The van der Waals surface area contributed by atoms with Crippen LogP contribution in [0.3, 0.4) is 0 Å². The third-order valence-corrected chi connectivity index (χ3v) is 6.73. The molecule has 2 aliphatic heterocycles. The molecule has 7 heteroatoms. The number of nitrogens with one attached hydrogen (secondary N) is 1. The van der Waals surface area contributed by atoms with Gasteiger partial charge in [-0.3, -0.25) is 0 Å². The second-order valence-corrected chi connectivity index (χ2v) is 9.06. The van der Waals surface area contributed by atoms with Crippen LogP contribution >= 0.6 is 11.9 Å². The number of benzene rings is 2. The van der Waals surface area contributed by atoms with Crippen molar-refractivity contribution < 1.29 is 8.78 Å². The first-order valence-corrected chi connectivity index (χ1v) is 11.1. The van der Waals surface area contributed by atoms with Crippen LogP contribution < -0.4 is 9.62 Å². The van der Waals surface area contributed by atoms with E-state index in [2.05, 4.69) is 63.1 Å². The molecule has 0 aliphatic carbocycles. The zero-order valence-electron chi connectivity index (χ0n) is 17.0. The normalized spacial score (nSPS) is 17.2. The minimum Gasteiger partial charge on any atom is -0.317 e. The Morgan fingerprint density at radius 2 is 1.87 bits per heavy atom. The molecule has 4 nitrogen and oxygen atoms in total. The number of alkyl halides is 2. The molecule has 1 fully saturated rings. The van der Waals surface area contributed by atoms with Gasteiger partial charge in [-0.25, -0.2) is 8.78 Å². The number of hydrogen-bond donors (Lipinski definition) is 1. The Morgan fingerprint density at radius 3 is 2.53 bits per heavy atom. The van der Waals surface area contributed by atoms with Gasteiger partial charge in [-0.15, -0.1) is 0 Å². The first-order chi connectivity index (χ1) is 14.6. The molecule has 0 radical (unpaired) electrons. The molecule has 2 aromatic carbocycles. The summed E-state index contributed by atoms with van der Waals surface area (Å²) in [6.07, 6.45) is -0.0885. The van der Waals surface area contributed by atoms with Crippen molar-refractivity contribution in [3.8, 4) is 0 Å². The Labute approximate surface area is 180 Å². The number of anilines is 1. The van der Waals surface area contributed by atoms with E-state index in [-0.39, 0.29) is 12.1 Å². The highest BCUT2D eigenvalue weighted by molar-refractivity contribution is 8.01. The standard InChI is InChI=1S/C23H26F2N4S/c1-16-3-2-4-19(13-16)29(30-20-9-11-26-12-10-20)15-17-5-7-18(8-6-17)21-14-22(23(24)25)28-27-21/h2-8,13,20,23,26H,9-12,14-15H2,1H3. The maximum Gasteiger partial charge on any atom is 0.278 e. The van der Waals surface area contributed by atoms with E-state index in [4.69, 9.17) is 0 Å². The summed E-state index contributed by atoms with van der Waals surface area (Å²) in [4.78, 5) is 0. The predicted molar refractivity (Wildman–Crippen MR) is 122 cm³/mol. The zero-order chi connectivity index (χ0) is 20.9. The number of hydrogen-bond acceptors (Lipinski definition) is 5. The highest BCUT2D eigenvalue weighted by atomic mass is 32.2. The minimum atomic E-state index is -2.54. The van der Waals surface area contributed by atoms with Gasteiger partial charge in [-0.2, -0.15) is 10.2 Å². The van der Waals surface area contributed by atoms with Gasteiger partial charge in [0.05, 0.1) is 12.3 Å². The van der Waals surface area contributed by atoms with Crippen molar-refractivity contribution in [2.45, 2.75) is 44.4 Å². The molecule has 0 amide bonds. The average Bonchev–Trinajstić information content (AvgIpc) is 3.25. The maximum atomic E-state index is 12.8. The Balaban J connectivity index is 1.47. The molecule has 1 N–H and O–H groups in total. The third-order valence-electron chi connectivity index (χ3n) is 5.37. The van der Waals surface area contributed by atoms with Crippen LogP contribution in [0.15, 0.2) is 58.7 Å². The van der Waals surface area contributed by atoms with Crippen LogP contribution in [-0.2, 0) is 6.54 Å². The molecule has 0 aromatic heterocycles. The van der Waals surface area contributed by atoms with E-state index in [1.807, 2.05) is 24.1 Å². The van der Waals surface area contributed by atoms with Crippen LogP contribution in [0.1, 0.15) is 36.0 Å². The summed E-state index contributed by atoms with van der Waals surface area (Å²) in [5.74, 6) is 0. The van der Waals surface area contributed by atoms with E-state index in [1.54, 1.807) is 0 Å². The molecule has 0 spiro atoms. The van der Waals surface area contributed by atoms with Crippen molar-refractivity contribution in [2.24, 2.45) is 10.2 Å². The Kier molecular flexibility index (Phi) is 6.79. The lowest BCUT2D eigenvalue weighted by Gasteiger charge is -2.30. The van der Waals surface area contributed by atoms with Crippen molar-refractivity contribution in [2.75, 3.05) is 17.4 Å². The van der Waals surface area contributed by atoms with Gasteiger partial charge in [0.2, 0.25) is 0 Å². The molecule has 158 valence electrons. The van der Waals surface area contributed by atoms with Gasteiger partial charge >= 0.3 is 0 Å². The summed E-state index contributed by atoms with van der Waals surface area (Å²) in [7, 11) is 0. The summed E-state index contributed by atoms with van der Waals surface area (Å²) in [6, 6.07) is 16.6. The number of rotatable bonds is 7. The quantitative estimate of drug-likeness (QED) is 0.615. The summed E-state index contributed by atoms with van der Waals surface area (Å²) in [5, 5.41) is 11.6. The summed E-state index contributed by atoms with van der Waals surface area (Å²) in [5.41, 5.74) is 4.93. The monoisotopic (exact) mass is 428 g/mol. The predicted octanol–water partition coefficient (Wildman–Crippen LogP) is 5.22. The van der Waals surface area contributed by atoms with Crippen molar-refractivity contribution in [1.82, 2.24) is 5.32 Å². The molecule has 2 aromatic rings. The smallest absolute Gasteiger partial charge is 0.278 e. The number of halogens is 2. The molecule has 0 bridgehead atoms. The van der Waals surface area contributed by atoms with E-state index in [1.165, 1.54) is 16.8 Å². The number of nitrogens with zero attached hydrogens (tertiary/aromatic N) is 3. The Morgan fingerprint density at radius 1 is 1.10 bits per heavy atom. The van der Waals surface area contributed by atoms with E-state index in [0.717, 1.165) is 38.0 Å². The van der Waals surface area contributed by atoms with Crippen molar-refractivity contribution in [1.29, 1.82) is 0 Å². The molecular formula is C23H26F2N4S. The second kappa shape index (κ2) is 9.71. The van der Waals surface area contributed by atoms with Gasteiger partial charge < -0.3 is 9.62 Å². The topological polar surface area (TPSA) is 40.0 Å². The molecule has 1 saturated heterocycles. The van der Waals surface area contributed by atoms with E-state index in [0.29, 0.717) is 11.0 Å². The molecule has 0 saturated carbocycles. The fourth-order valence-electron chi connectivity index (χ4n) is 3.67. The zero-order valence-corrected chi connectivity index (χ0v) is 17.8. The van der Waals surface area contributed by atoms with Crippen LogP contribution in [0.25, 0.3) is 0 Å². The molecule has 2 heterocycles. The second-order valence-electron chi connectivity index (χ2n) is 7.74. The van der Waals surface area contributed by atoms with Crippen LogP contribution in [0.4, 0.5) is 14.5 Å². The van der Waals surface area contributed by atoms with Crippen molar-refractivity contribution in [3.63, 3.8) is 0 Å². The largest absolute Gasteiger partial charge is 0.317 e. The Bertz CT molecular complexity index is 921. The van der Waals surface area contributed by atoms with Crippen LogP contribution in [0.5, 0.6) is 0 Å². The van der Waals surface area contributed by atoms with Crippen molar-refractivity contribution in [3.05, 3.63) is 65.2 Å². The van der Waals surface area contributed by atoms with E-state index in [9.17, 15) is 8.78 Å². The number of aryl methyl sites for hydroxylation is 1. The highest BCUT2D eigenvalue weighted by Gasteiger charge is 2.22. The Hall–Kier alpha value is -2.25. The first kappa shape index (κ1) is 21.0. The van der Waals surface area contributed by atoms with Crippen LogP contribution in [0, 0.1) is 6.92 Å². The van der Waals surface area contributed by atoms with Crippen LogP contribution in [-0.4, -0.2) is 36.2 Å². The van der Waals surface area contributed by atoms with E-state index >= 15 is 0 Å². The molecule has 0 unspecified atom stereocenters. The first-order valence-electron chi connectivity index (χ1n) is 10.3. The highest BCUT2D eigenvalue weighted by Crippen LogP contribution is 2.32. The summed E-state index contributed by atoms with van der Waals surface area (Å²) < 4.78 is 28.0. The lowest BCUT2D eigenvalue weighted by atomic mass is 10.0. The molecule has 4 rings (SSSR count). The SMILES string of the molecule is Cc1cccc(N(Cc2ccc(C3=NN=C(C(F)F)C3)cc2)SC2CCNCC2)c1. The average molecular weight is 429 g/mol. The molecular weight excluding hydrogens is 402 g/mol. The van der Waals surface area contributed by atoms with Crippen molar-refractivity contribution >= 4 is 29.1 Å². The van der Waals surface area contributed by atoms with Gasteiger partial charge in [-0.05, 0) is 73.6 Å². The fourth-order valence-corrected chi connectivity index (χ4v) is 4.93. The lowest BCUT2D eigenvalue weighted by molar-refractivity contribution is 0.224. The molecule has 30 heavy (non-hydrogen) atoms. The molecule has 0 atom stereocenters. The lowest BCUT2D eigenvalue weighted by Crippen LogP contribution is -2.31. The summed E-state index contributed by atoms with van der Waals surface area (Å²) >= 11 is 1.92. The van der Waals surface area contributed by atoms with Gasteiger partial charge in [0.15, 0.2) is 0 Å². The minimum absolute atomic E-state index is 0.123. The third kappa shape index (κ3) is 5.26. The van der Waals surface area contributed by atoms with Gasteiger partial charge in [0.1, 0.15) is 5.71 Å². The van der Waals surface area contributed by atoms with Gasteiger partial charge in [0, 0.05) is 17.4 Å². The summed E-state index contributed by atoms with van der Waals surface area (Å²) in [6.45, 7) is 5.03. The van der Waals surface area contributed by atoms with Crippen LogP contribution in [0.2, 0.25) is 0 Å². The van der Waals surface area contributed by atoms with E-state index < -0.39 is 6.43 Å².